The summed E-state index contributed by atoms with van der Waals surface area (Å²) in [5.74, 6) is 0.290. The van der Waals surface area contributed by atoms with Crippen LogP contribution in [0.5, 0.6) is 0 Å². The van der Waals surface area contributed by atoms with E-state index in [2.05, 4.69) is 20.5 Å². The molecule has 0 aliphatic carbocycles. The van der Waals surface area contributed by atoms with Gasteiger partial charge in [0.1, 0.15) is 5.82 Å². The van der Waals surface area contributed by atoms with Gasteiger partial charge < -0.3 is 10.1 Å². The standard InChI is InChI=1S/C14H16ClN5O3S/c15-9-3-4-11(16-6-9)17-12(21)8-24-14-19-18-13(22)20(14)7-10-2-1-5-23-10/h3-4,6,10H,1-2,5,7-8H2,(H,18,22)(H,16,17,21)/t10-/m1/s1. The molecule has 0 radical (unpaired) electrons. The summed E-state index contributed by atoms with van der Waals surface area (Å²) in [6.07, 6.45) is 3.39. The third-order valence-electron chi connectivity index (χ3n) is 3.46. The number of nitrogens with one attached hydrogen (secondary N) is 2. The molecule has 2 aromatic rings. The SMILES string of the molecule is O=C(CSc1n[nH]c(=O)n1C[C@H]1CCCO1)Nc1ccc(Cl)cn1. The van der Waals surface area contributed by atoms with Crippen molar-refractivity contribution < 1.29 is 9.53 Å². The summed E-state index contributed by atoms with van der Waals surface area (Å²) in [6.45, 7) is 1.16. The van der Waals surface area contributed by atoms with Crippen molar-refractivity contribution in [3.05, 3.63) is 33.8 Å². The first-order valence-corrected chi connectivity index (χ1v) is 8.79. The van der Waals surface area contributed by atoms with Crippen LogP contribution in [0.15, 0.2) is 28.3 Å². The van der Waals surface area contributed by atoms with Crippen LogP contribution < -0.4 is 11.0 Å². The smallest absolute Gasteiger partial charge is 0.344 e. The van der Waals surface area contributed by atoms with E-state index in [-0.39, 0.29) is 23.5 Å². The molecule has 3 rings (SSSR count). The van der Waals surface area contributed by atoms with Crippen molar-refractivity contribution in [2.45, 2.75) is 30.6 Å². The first-order chi connectivity index (χ1) is 11.6. The van der Waals surface area contributed by atoms with Gasteiger partial charge in [-0.05, 0) is 25.0 Å². The second-order valence-corrected chi connectivity index (χ2v) is 6.63. The number of carbonyl (C=O) groups excluding carboxylic acids is 1. The summed E-state index contributed by atoms with van der Waals surface area (Å²) in [7, 11) is 0. The summed E-state index contributed by atoms with van der Waals surface area (Å²) < 4.78 is 7.05. The quantitative estimate of drug-likeness (QED) is 0.749. The lowest BCUT2D eigenvalue weighted by Gasteiger charge is -2.10. The van der Waals surface area contributed by atoms with Crippen molar-refractivity contribution in [2.75, 3.05) is 17.7 Å². The minimum atomic E-state index is -0.298. The van der Waals surface area contributed by atoms with Gasteiger partial charge in [-0.3, -0.25) is 9.36 Å². The first-order valence-electron chi connectivity index (χ1n) is 7.43. The zero-order valence-corrected chi connectivity index (χ0v) is 14.3. The number of H-pyrrole nitrogens is 1. The summed E-state index contributed by atoms with van der Waals surface area (Å²) in [6, 6.07) is 3.26. The molecule has 2 N–H and O–H groups in total. The van der Waals surface area contributed by atoms with E-state index in [1.54, 1.807) is 12.1 Å². The van der Waals surface area contributed by atoms with Crippen LogP contribution in [0, 0.1) is 0 Å². The van der Waals surface area contributed by atoms with Crippen LogP contribution in [-0.4, -0.2) is 44.1 Å². The number of carbonyl (C=O) groups is 1. The fraction of sp³-hybridized carbons (Fsp3) is 0.429. The molecule has 24 heavy (non-hydrogen) atoms. The number of aromatic amines is 1. The Hall–Kier alpha value is -1.84. The number of pyridine rings is 1. The monoisotopic (exact) mass is 369 g/mol. The van der Waals surface area contributed by atoms with Crippen LogP contribution in [0.4, 0.5) is 5.82 Å². The lowest BCUT2D eigenvalue weighted by Crippen LogP contribution is -2.25. The lowest BCUT2D eigenvalue weighted by atomic mass is 10.2. The van der Waals surface area contributed by atoms with E-state index >= 15 is 0 Å². The number of nitrogens with zero attached hydrogens (tertiary/aromatic N) is 3. The Morgan fingerprint density at radius 3 is 3.12 bits per heavy atom. The third kappa shape index (κ3) is 4.37. The van der Waals surface area contributed by atoms with Gasteiger partial charge in [0.25, 0.3) is 0 Å². The van der Waals surface area contributed by atoms with Crippen molar-refractivity contribution in [3.8, 4) is 0 Å². The van der Waals surface area contributed by atoms with Crippen LogP contribution in [0.3, 0.4) is 0 Å². The molecule has 3 heterocycles. The van der Waals surface area contributed by atoms with Crippen molar-refractivity contribution >= 4 is 35.1 Å². The Labute approximate surface area is 146 Å². The highest BCUT2D eigenvalue weighted by Gasteiger charge is 2.20. The maximum atomic E-state index is 12.0. The average molecular weight is 370 g/mol. The van der Waals surface area contributed by atoms with E-state index < -0.39 is 0 Å². The average Bonchev–Trinajstić information content (AvgIpc) is 3.19. The highest BCUT2D eigenvalue weighted by atomic mass is 35.5. The molecule has 1 amide bonds. The molecule has 1 fully saturated rings. The molecule has 0 aromatic carbocycles. The van der Waals surface area contributed by atoms with Gasteiger partial charge in [0.2, 0.25) is 5.91 Å². The number of ether oxygens (including phenoxy) is 1. The van der Waals surface area contributed by atoms with Gasteiger partial charge in [0.05, 0.1) is 23.4 Å². The van der Waals surface area contributed by atoms with E-state index in [0.29, 0.717) is 22.5 Å². The molecule has 1 aliphatic rings. The van der Waals surface area contributed by atoms with Gasteiger partial charge in [0.15, 0.2) is 5.16 Å². The number of rotatable bonds is 6. The third-order valence-corrected chi connectivity index (χ3v) is 4.66. The first kappa shape index (κ1) is 17.0. The van der Waals surface area contributed by atoms with E-state index in [1.807, 2.05) is 0 Å². The Bertz CT molecular complexity index is 755. The molecule has 8 nitrogen and oxygen atoms in total. The molecule has 10 heteroatoms. The molecule has 1 atom stereocenters. The topological polar surface area (TPSA) is 102 Å². The molecule has 0 spiro atoms. The summed E-state index contributed by atoms with van der Waals surface area (Å²) >= 11 is 6.93. The Balaban J connectivity index is 1.57. The molecule has 1 saturated heterocycles. The van der Waals surface area contributed by atoms with Gasteiger partial charge in [-0.1, -0.05) is 23.4 Å². The highest BCUT2D eigenvalue weighted by Crippen LogP contribution is 2.18. The molecular formula is C14H16ClN5O3S. The minimum absolute atomic E-state index is 0.0201. The van der Waals surface area contributed by atoms with Gasteiger partial charge >= 0.3 is 5.69 Å². The fourth-order valence-electron chi connectivity index (χ4n) is 2.33. The van der Waals surface area contributed by atoms with Crippen molar-refractivity contribution in [3.63, 3.8) is 0 Å². The molecule has 0 unspecified atom stereocenters. The Morgan fingerprint density at radius 1 is 1.54 bits per heavy atom. The normalized spacial score (nSPS) is 17.1. The maximum absolute atomic E-state index is 12.0. The van der Waals surface area contributed by atoms with Gasteiger partial charge in [0, 0.05) is 12.8 Å². The second-order valence-electron chi connectivity index (χ2n) is 5.26. The number of halogens is 1. The molecular weight excluding hydrogens is 354 g/mol. The molecule has 128 valence electrons. The van der Waals surface area contributed by atoms with Crippen LogP contribution >= 0.6 is 23.4 Å². The number of thioether (sulfide) groups is 1. The second kappa shape index (κ2) is 7.82. The van der Waals surface area contributed by atoms with Gasteiger partial charge in [-0.15, -0.1) is 5.10 Å². The lowest BCUT2D eigenvalue weighted by molar-refractivity contribution is -0.113. The predicted octanol–water partition coefficient (Wildman–Crippen LogP) is 1.53. The summed E-state index contributed by atoms with van der Waals surface area (Å²) in [5.41, 5.74) is -0.298. The predicted molar refractivity (Wildman–Crippen MR) is 90.4 cm³/mol. The van der Waals surface area contributed by atoms with Crippen LogP contribution in [-0.2, 0) is 16.1 Å². The van der Waals surface area contributed by atoms with E-state index in [1.165, 1.54) is 22.5 Å². The van der Waals surface area contributed by atoms with Crippen LogP contribution in [0.25, 0.3) is 0 Å². The highest BCUT2D eigenvalue weighted by molar-refractivity contribution is 7.99. The van der Waals surface area contributed by atoms with E-state index in [0.717, 1.165) is 19.4 Å². The molecule has 0 bridgehead atoms. The minimum Gasteiger partial charge on any atom is -0.376 e. The van der Waals surface area contributed by atoms with Crippen molar-refractivity contribution in [1.29, 1.82) is 0 Å². The van der Waals surface area contributed by atoms with E-state index in [4.69, 9.17) is 16.3 Å². The van der Waals surface area contributed by atoms with Crippen molar-refractivity contribution in [2.24, 2.45) is 0 Å². The summed E-state index contributed by atoms with van der Waals surface area (Å²) in [4.78, 5) is 27.8. The molecule has 1 aliphatic heterocycles. The Morgan fingerprint density at radius 2 is 2.42 bits per heavy atom. The van der Waals surface area contributed by atoms with E-state index in [9.17, 15) is 9.59 Å². The molecule has 0 saturated carbocycles. The number of aromatic nitrogens is 4. The maximum Gasteiger partial charge on any atom is 0.344 e. The number of amides is 1. The molecule has 2 aromatic heterocycles. The number of hydrogen-bond donors (Lipinski definition) is 2. The number of hydrogen-bond acceptors (Lipinski definition) is 6. The summed E-state index contributed by atoms with van der Waals surface area (Å²) in [5, 5.41) is 10.0. The fourth-order valence-corrected chi connectivity index (χ4v) is 3.19. The van der Waals surface area contributed by atoms with Crippen molar-refractivity contribution in [1.82, 2.24) is 19.7 Å². The zero-order chi connectivity index (χ0) is 16.9. The number of anilines is 1. The van der Waals surface area contributed by atoms with Crippen LogP contribution in [0.1, 0.15) is 12.8 Å². The zero-order valence-electron chi connectivity index (χ0n) is 12.7. The largest absolute Gasteiger partial charge is 0.376 e. The van der Waals surface area contributed by atoms with Crippen LogP contribution in [0.2, 0.25) is 5.02 Å². The van der Waals surface area contributed by atoms with Gasteiger partial charge in [-0.25, -0.2) is 14.9 Å². The Kier molecular flexibility index (Phi) is 5.54. The van der Waals surface area contributed by atoms with Gasteiger partial charge in [-0.2, -0.15) is 0 Å².